The van der Waals surface area contributed by atoms with Gasteiger partial charge < -0.3 is 18.6 Å². The van der Waals surface area contributed by atoms with Crippen molar-refractivity contribution in [2.45, 2.75) is 13.8 Å². The highest BCUT2D eigenvalue weighted by molar-refractivity contribution is 6.05. The van der Waals surface area contributed by atoms with Crippen molar-refractivity contribution in [3.63, 3.8) is 0 Å². The van der Waals surface area contributed by atoms with Crippen molar-refractivity contribution in [2.24, 2.45) is 0 Å². The Morgan fingerprint density at radius 1 is 1.09 bits per heavy atom. The molecule has 0 bridgehead atoms. The van der Waals surface area contributed by atoms with Crippen LogP contribution in [0.3, 0.4) is 0 Å². The normalized spacial score (nSPS) is 14.8. The van der Waals surface area contributed by atoms with Gasteiger partial charge in [0.2, 0.25) is 5.75 Å². The Hall–Kier alpha value is -3.09. The van der Waals surface area contributed by atoms with E-state index in [2.05, 4.69) is 4.90 Å². The second-order valence-electron chi connectivity index (χ2n) is 7.80. The minimum atomic E-state index is -0.0587. The molecule has 4 rings (SSSR count). The SMILES string of the molecule is CC(=O)c1c(OCCN2CCOCC2)c(OCC=Cc2ccccc2)c2occc2c1C. The number of ether oxygens (including phenoxy) is 3. The van der Waals surface area contributed by atoms with Crippen LogP contribution in [0.25, 0.3) is 17.0 Å². The van der Waals surface area contributed by atoms with Crippen LogP contribution in [0.4, 0.5) is 0 Å². The summed E-state index contributed by atoms with van der Waals surface area (Å²) in [7, 11) is 0. The Balaban J connectivity index is 1.58. The van der Waals surface area contributed by atoms with E-state index in [0.717, 1.165) is 49.4 Å². The molecule has 1 aliphatic heterocycles. The van der Waals surface area contributed by atoms with Crippen LogP contribution in [-0.4, -0.2) is 56.7 Å². The molecular weight excluding hydrogens is 406 g/mol. The minimum absolute atomic E-state index is 0.0587. The molecular formula is C26H29NO5. The third kappa shape index (κ3) is 5.03. The van der Waals surface area contributed by atoms with Crippen molar-refractivity contribution < 1.29 is 23.4 Å². The fraction of sp³-hybridized carbons (Fsp3) is 0.346. The second-order valence-corrected chi connectivity index (χ2v) is 7.80. The summed E-state index contributed by atoms with van der Waals surface area (Å²) in [6.07, 6.45) is 5.55. The van der Waals surface area contributed by atoms with Crippen molar-refractivity contribution >= 4 is 22.8 Å². The average Bonchev–Trinajstić information content (AvgIpc) is 3.30. The lowest BCUT2D eigenvalue weighted by Crippen LogP contribution is -2.38. The first-order valence-electron chi connectivity index (χ1n) is 11.0. The van der Waals surface area contributed by atoms with E-state index in [0.29, 0.717) is 35.9 Å². The number of morpholine rings is 1. The first kappa shape index (κ1) is 22.1. The van der Waals surface area contributed by atoms with Gasteiger partial charge in [-0.05, 0) is 37.1 Å². The first-order chi connectivity index (χ1) is 15.6. The van der Waals surface area contributed by atoms with Gasteiger partial charge in [-0.1, -0.05) is 36.4 Å². The quantitative estimate of drug-likeness (QED) is 0.452. The summed E-state index contributed by atoms with van der Waals surface area (Å²) >= 11 is 0. The number of fused-ring (bicyclic) bond motifs is 1. The highest BCUT2D eigenvalue weighted by atomic mass is 16.5. The average molecular weight is 436 g/mol. The molecule has 0 aliphatic carbocycles. The second kappa shape index (κ2) is 10.5. The lowest BCUT2D eigenvalue weighted by Gasteiger charge is -2.26. The van der Waals surface area contributed by atoms with E-state index in [1.807, 2.05) is 55.5 Å². The number of benzene rings is 2. The number of Topliss-reactive ketones (excluding diaryl/α,β-unsaturated/α-hetero) is 1. The lowest BCUT2D eigenvalue weighted by atomic mass is 9.99. The molecule has 1 fully saturated rings. The molecule has 1 aromatic heterocycles. The van der Waals surface area contributed by atoms with Crippen molar-refractivity contribution in [1.29, 1.82) is 0 Å². The van der Waals surface area contributed by atoms with Gasteiger partial charge in [0.1, 0.15) is 13.2 Å². The van der Waals surface area contributed by atoms with Gasteiger partial charge >= 0.3 is 0 Å². The number of carbonyl (C=O) groups excluding carboxylic acids is 1. The molecule has 0 N–H and O–H groups in total. The predicted octanol–water partition coefficient (Wildman–Crippen LogP) is 4.75. The monoisotopic (exact) mass is 435 g/mol. The molecule has 2 aromatic carbocycles. The Bertz CT molecular complexity index is 1080. The van der Waals surface area contributed by atoms with E-state index in [1.54, 1.807) is 13.2 Å². The van der Waals surface area contributed by atoms with Crippen LogP contribution in [0.1, 0.15) is 28.4 Å². The number of carbonyl (C=O) groups is 1. The molecule has 0 unspecified atom stereocenters. The van der Waals surface area contributed by atoms with Crippen molar-refractivity contribution in [1.82, 2.24) is 4.90 Å². The van der Waals surface area contributed by atoms with E-state index in [-0.39, 0.29) is 5.78 Å². The standard InChI is InChI=1S/C26H29NO5/c1-19-22-10-15-31-24(22)26(30-14-6-9-21-7-4-3-5-8-21)25(23(19)20(2)28)32-18-13-27-11-16-29-17-12-27/h3-10,15H,11-14,16-18H2,1-2H3. The summed E-state index contributed by atoms with van der Waals surface area (Å²) in [4.78, 5) is 14.9. The fourth-order valence-electron chi connectivity index (χ4n) is 3.98. The molecule has 0 atom stereocenters. The van der Waals surface area contributed by atoms with Crippen molar-refractivity contribution in [3.05, 3.63) is 65.4 Å². The number of rotatable bonds is 9. The molecule has 6 heteroatoms. The third-order valence-corrected chi connectivity index (χ3v) is 5.63. The molecule has 6 nitrogen and oxygen atoms in total. The summed E-state index contributed by atoms with van der Waals surface area (Å²) in [6, 6.07) is 11.9. The number of hydrogen-bond acceptors (Lipinski definition) is 6. The molecule has 0 saturated carbocycles. The molecule has 3 aromatic rings. The Morgan fingerprint density at radius 3 is 2.62 bits per heavy atom. The number of furan rings is 1. The van der Waals surface area contributed by atoms with Gasteiger partial charge in [0.05, 0.1) is 25.0 Å². The molecule has 2 heterocycles. The molecule has 1 aliphatic rings. The molecule has 1 saturated heterocycles. The van der Waals surface area contributed by atoms with E-state index in [9.17, 15) is 4.79 Å². The molecule has 0 spiro atoms. The Labute approximate surface area is 188 Å². The largest absolute Gasteiger partial charge is 0.487 e. The van der Waals surface area contributed by atoms with E-state index >= 15 is 0 Å². The lowest BCUT2D eigenvalue weighted by molar-refractivity contribution is 0.0320. The molecule has 32 heavy (non-hydrogen) atoms. The smallest absolute Gasteiger partial charge is 0.205 e. The molecule has 0 amide bonds. The zero-order valence-electron chi connectivity index (χ0n) is 18.6. The van der Waals surface area contributed by atoms with Crippen molar-refractivity contribution in [2.75, 3.05) is 46.1 Å². The van der Waals surface area contributed by atoms with Crippen molar-refractivity contribution in [3.8, 4) is 11.5 Å². The number of aryl methyl sites for hydroxylation is 1. The first-order valence-corrected chi connectivity index (χ1v) is 11.0. The van der Waals surface area contributed by atoms with Crippen LogP contribution >= 0.6 is 0 Å². The van der Waals surface area contributed by atoms with Crippen LogP contribution in [0.5, 0.6) is 11.5 Å². The van der Waals surface area contributed by atoms with Gasteiger partial charge in [0.25, 0.3) is 0 Å². The summed E-state index contributed by atoms with van der Waals surface area (Å²) in [5, 5.41) is 0.859. The highest BCUT2D eigenvalue weighted by Crippen LogP contribution is 2.42. The van der Waals surface area contributed by atoms with Gasteiger partial charge in [0, 0.05) is 25.0 Å². The highest BCUT2D eigenvalue weighted by Gasteiger charge is 2.25. The van der Waals surface area contributed by atoms with E-state index in [1.165, 1.54) is 0 Å². The summed E-state index contributed by atoms with van der Waals surface area (Å²) < 4.78 is 23.5. The zero-order chi connectivity index (χ0) is 22.3. The van der Waals surface area contributed by atoms with Crippen LogP contribution in [0.15, 0.2) is 53.2 Å². The summed E-state index contributed by atoms with van der Waals surface area (Å²) in [6.45, 7) is 8.23. The summed E-state index contributed by atoms with van der Waals surface area (Å²) in [5.41, 5.74) is 3.08. The van der Waals surface area contributed by atoms with Gasteiger partial charge in [-0.25, -0.2) is 0 Å². The maximum Gasteiger partial charge on any atom is 0.205 e. The number of nitrogens with zero attached hydrogens (tertiary/aromatic N) is 1. The Morgan fingerprint density at radius 2 is 1.88 bits per heavy atom. The number of hydrogen-bond donors (Lipinski definition) is 0. The molecule has 168 valence electrons. The van der Waals surface area contributed by atoms with Crippen LogP contribution in [0.2, 0.25) is 0 Å². The summed E-state index contributed by atoms with van der Waals surface area (Å²) in [5.74, 6) is 0.871. The van der Waals surface area contributed by atoms with Gasteiger partial charge in [0.15, 0.2) is 17.1 Å². The minimum Gasteiger partial charge on any atom is -0.487 e. The van der Waals surface area contributed by atoms with Gasteiger partial charge in [-0.2, -0.15) is 0 Å². The maximum atomic E-state index is 12.6. The molecule has 0 radical (unpaired) electrons. The zero-order valence-corrected chi connectivity index (χ0v) is 18.6. The fourth-order valence-corrected chi connectivity index (χ4v) is 3.98. The maximum absolute atomic E-state index is 12.6. The van der Waals surface area contributed by atoms with Crippen LogP contribution in [-0.2, 0) is 4.74 Å². The van der Waals surface area contributed by atoms with Gasteiger partial charge in [-0.3, -0.25) is 9.69 Å². The predicted molar refractivity (Wildman–Crippen MR) is 125 cm³/mol. The third-order valence-electron chi connectivity index (χ3n) is 5.63. The van der Waals surface area contributed by atoms with Crippen LogP contribution in [0, 0.1) is 6.92 Å². The van der Waals surface area contributed by atoms with Gasteiger partial charge in [-0.15, -0.1) is 0 Å². The number of ketones is 1. The van der Waals surface area contributed by atoms with E-state index < -0.39 is 0 Å². The Kier molecular flexibility index (Phi) is 7.24. The van der Waals surface area contributed by atoms with E-state index in [4.69, 9.17) is 18.6 Å². The topological polar surface area (TPSA) is 61.1 Å². The van der Waals surface area contributed by atoms with Crippen LogP contribution < -0.4 is 9.47 Å².